The molecule has 0 bridgehead atoms. The van der Waals surface area contributed by atoms with Crippen LogP contribution in [0.2, 0.25) is 0 Å². The van der Waals surface area contributed by atoms with Gasteiger partial charge in [0.15, 0.2) is 4.87 Å². The Labute approximate surface area is 57.2 Å². The molecule has 5 heteroatoms. The topological polar surface area (TPSA) is 66.9 Å². The van der Waals surface area contributed by atoms with Crippen LogP contribution in [0.1, 0.15) is 6.92 Å². The lowest BCUT2D eigenvalue weighted by molar-refractivity contribution is -0.482. The average molecular weight is 149 g/mol. The molecule has 0 radical (unpaired) electrons. The largest absolute Gasteiger partial charge is 0.264 e. The van der Waals surface area contributed by atoms with Crippen molar-refractivity contribution in [1.82, 2.24) is 0 Å². The summed E-state index contributed by atoms with van der Waals surface area (Å²) in [5.74, 6) is 0. The summed E-state index contributed by atoms with van der Waals surface area (Å²) in [4.78, 5) is 7.77. The van der Waals surface area contributed by atoms with Crippen molar-refractivity contribution >= 4 is 11.6 Å². The normalized spacial score (nSPS) is 15.7. The third-order valence-electron chi connectivity index (χ3n) is 0.659. The summed E-state index contributed by atoms with van der Waals surface area (Å²) in [5, 5.41) is 17.9. The van der Waals surface area contributed by atoms with E-state index in [2.05, 4.69) is 0 Å². The maximum Gasteiger partial charge on any atom is 0.235 e. The van der Waals surface area contributed by atoms with Gasteiger partial charge in [0.25, 0.3) is 0 Å². The number of hydrogen-bond acceptors (Lipinski definition) is 3. The summed E-state index contributed by atoms with van der Waals surface area (Å²) < 4.78 is 0. The fourth-order valence-electron chi connectivity index (χ4n) is 0.278. The molecule has 0 rings (SSSR count). The molecule has 0 fully saturated rings. The molecule has 0 saturated carbocycles. The molecule has 0 aliphatic rings. The number of nitriles is 1. The van der Waals surface area contributed by atoms with Gasteiger partial charge in [0.2, 0.25) is 6.54 Å². The first-order valence-corrected chi connectivity index (χ1v) is 2.58. The standard InChI is InChI=1S/C4H5ClN2O2/c1-4(5,2-6)3-7(8)9/h3H2,1H3. The lowest BCUT2D eigenvalue weighted by Gasteiger charge is -2.03. The van der Waals surface area contributed by atoms with E-state index in [0.29, 0.717) is 0 Å². The zero-order valence-corrected chi connectivity index (χ0v) is 5.55. The monoisotopic (exact) mass is 148 g/mol. The van der Waals surface area contributed by atoms with E-state index in [1.807, 2.05) is 0 Å². The van der Waals surface area contributed by atoms with E-state index in [1.54, 1.807) is 6.07 Å². The predicted octanol–water partition coefficient (Wildman–Crippen LogP) is 0.784. The molecule has 0 aliphatic carbocycles. The highest BCUT2D eigenvalue weighted by molar-refractivity contribution is 6.25. The van der Waals surface area contributed by atoms with Crippen molar-refractivity contribution in [2.75, 3.05) is 6.54 Å². The molecule has 9 heavy (non-hydrogen) atoms. The van der Waals surface area contributed by atoms with Crippen molar-refractivity contribution in [3.8, 4) is 6.07 Å². The summed E-state index contributed by atoms with van der Waals surface area (Å²) in [6.07, 6.45) is 0. The molecule has 4 nitrogen and oxygen atoms in total. The Morgan fingerprint density at radius 2 is 2.44 bits per heavy atom. The van der Waals surface area contributed by atoms with E-state index in [9.17, 15) is 10.1 Å². The van der Waals surface area contributed by atoms with Crippen molar-refractivity contribution in [2.45, 2.75) is 11.8 Å². The summed E-state index contributed by atoms with van der Waals surface area (Å²) in [6, 6.07) is 1.60. The molecule has 1 atom stereocenters. The molecular weight excluding hydrogens is 144 g/mol. The number of nitrogens with zero attached hydrogens (tertiary/aromatic N) is 2. The number of nitro groups is 1. The Kier molecular flexibility index (Phi) is 2.41. The van der Waals surface area contributed by atoms with Gasteiger partial charge in [0.05, 0.1) is 6.07 Å². The van der Waals surface area contributed by atoms with Gasteiger partial charge in [-0.15, -0.1) is 0 Å². The van der Waals surface area contributed by atoms with Gasteiger partial charge in [-0.3, -0.25) is 10.1 Å². The molecule has 0 aromatic rings. The minimum absolute atomic E-state index is 0.523. The van der Waals surface area contributed by atoms with Crippen molar-refractivity contribution in [3.05, 3.63) is 10.1 Å². The quantitative estimate of drug-likeness (QED) is 0.330. The number of rotatable bonds is 2. The second-order valence-corrected chi connectivity index (χ2v) is 2.63. The van der Waals surface area contributed by atoms with E-state index in [4.69, 9.17) is 16.9 Å². The maximum atomic E-state index is 9.74. The minimum Gasteiger partial charge on any atom is -0.264 e. The van der Waals surface area contributed by atoms with Crippen LogP contribution in [0.4, 0.5) is 0 Å². The number of hydrogen-bond donors (Lipinski definition) is 0. The molecule has 1 unspecified atom stereocenters. The van der Waals surface area contributed by atoms with Crippen LogP contribution in [-0.2, 0) is 0 Å². The third kappa shape index (κ3) is 3.74. The molecule has 50 valence electrons. The van der Waals surface area contributed by atoms with Crippen molar-refractivity contribution in [2.24, 2.45) is 0 Å². The van der Waals surface area contributed by atoms with E-state index in [-0.39, 0.29) is 0 Å². The summed E-state index contributed by atoms with van der Waals surface area (Å²) in [7, 11) is 0. The van der Waals surface area contributed by atoms with Gasteiger partial charge in [0.1, 0.15) is 0 Å². The number of halogens is 1. The van der Waals surface area contributed by atoms with Gasteiger partial charge < -0.3 is 0 Å². The Balaban J connectivity index is 3.91. The SMILES string of the molecule is CC(Cl)(C#N)C[N+](=O)[O-]. The summed E-state index contributed by atoms with van der Waals surface area (Å²) in [5.41, 5.74) is 0. The van der Waals surface area contributed by atoms with Gasteiger partial charge in [-0.05, 0) is 6.92 Å². The number of alkyl halides is 1. The molecule has 0 aromatic carbocycles. The van der Waals surface area contributed by atoms with Gasteiger partial charge in [-0.1, -0.05) is 11.6 Å². The Bertz CT molecular complexity index is 160. The van der Waals surface area contributed by atoms with Gasteiger partial charge in [0, 0.05) is 4.92 Å². The lowest BCUT2D eigenvalue weighted by Crippen LogP contribution is -2.24. The van der Waals surface area contributed by atoms with Gasteiger partial charge >= 0.3 is 0 Å². The van der Waals surface area contributed by atoms with Crippen LogP contribution in [0.15, 0.2) is 0 Å². The zero-order valence-electron chi connectivity index (χ0n) is 4.80. The molecule has 0 amide bonds. The van der Waals surface area contributed by atoms with E-state index in [1.165, 1.54) is 6.92 Å². The second kappa shape index (κ2) is 2.65. The molecule has 0 heterocycles. The van der Waals surface area contributed by atoms with Crippen LogP contribution in [0.25, 0.3) is 0 Å². The smallest absolute Gasteiger partial charge is 0.235 e. The Morgan fingerprint density at radius 3 is 2.56 bits per heavy atom. The molecule has 0 N–H and O–H groups in total. The first-order chi connectivity index (χ1) is 3.98. The molecule has 0 aliphatic heterocycles. The minimum atomic E-state index is -1.36. The van der Waals surface area contributed by atoms with Crippen LogP contribution in [0, 0.1) is 21.4 Å². The van der Waals surface area contributed by atoms with Crippen LogP contribution in [-0.4, -0.2) is 16.3 Å². The van der Waals surface area contributed by atoms with Crippen molar-refractivity contribution in [3.63, 3.8) is 0 Å². The summed E-state index contributed by atoms with van der Waals surface area (Å²) >= 11 is 5.31. The zero-order chi connectivity index (χ0) is 7.49. The first-order valence-electron chi connectivity index (χ1n) is 2.20. The highest BCUT2D eigenvalue weighted by Crippen LogP contribution is 2.11. The maximum absolute atomic E-state index is 9.74. The first kappa shape index (κ1) is 8.18. The molecule has 0 aromatic heterocycles. The highest BCUT2D eigenvalue weighted by Gasteiger charge is 2.26. The Hall–Kier alpha value is -0.820. The fraction of sp³-hybridized carbons (Fsp3) is 0.750. The fourth-order valence-corrected chi connectivity index (χ4v) is 0.375. The van der Waals surface area contributed by atoms with E-state index >= 15 is 0 Å². The summed E-state index contributed by atoms with van der Waals surface area (Å²) in [6.45, 7) is 0.780. The van der Waals surface area contributed by atoms with Crippen LogP contribution in [0.5, 0.6) is 0 Å². The Morgan fingerprint density at radius 1 is 2.00 bits per heavy atom. The van der Waals surface area contributed by atoms with Crippen LogP contribution in [0.3, 0.4) is 0 Å². The molecule has 0 spiro atoms. The van der Waals surface area contributed by atoms with E-state index < -0.39 is 16.3 Å². The van der Waals surface area contributed by atoms with Crippen molar-refractivity contribution < 1.29 is 4.92 Å². The average Bonchev–Trinajstić information content (AvgIpc) is 1.63. The molecule has 0 saturated heterocycles. The van der Waals surface area contributed by atoms with Gasteiger partial charge in [-0.25, -0.2) is 0 Å². The van der Waals surface area contributed by atoms with Crippen LogP contribution < -0.4 is 0 Å². The second-order valence-electron chi connectivity index (χ2n) is 1.80. The van der Waals surface area contributed by atoms with Gasteiger partial charge in [-0.2, -0.15) is 5.26 Å². The predicted molar refractivity (Wildman–Crippen MR) is 31.7 cm³/mol. The van der Waals surface area contributed by atoms with Crippen LogP contribution >= 0.6 is 11.6 Å². The van der Waals surface area contributed by atoms with Crippen molar-refractivity contribution in [1.29, 1.82) is 5.26 Å². The lowest BCUT2D eigenvalue weighted by atomic mass is 10.2. The molecular formula is C4H5ClN2O2. The highest BCUT2D eigenvalue weighted by atomic mass is 35.5. The third-order valence-corrected chi connectivity index (χ3v) is 0.863. The van der Waals surface area contributed by atoms with E-state index in [0.717, 1.165) is 0 Å².